The molecule has 0 bridgehead atoms. The van der Waals surface area contributed by atoms with Gasteiger partial charge in [0.1, 0.15) is 0 Å². The molecule has 0 unspecified atom stereocenters. The van der Waals surface area contributed by atoms with E-state index in [0.717, 1.165) is 15.8 Å². The number of rotatable bonds is 5. The maximum absolute atomic E-state index is 12.4. The molecule has 0 radical (unpaired) electrons. The SMILES string of the molecule is Cc1cc(CN)cc(Cn2c(=O)cc(C)n(CCO)c2=O)n1. The van der Waals surface area contributed by atoms with Crippen molar-refractivity contribution in [1.29, 1.82) is 0 Å². The molecule has 0 aliphatic rings. The average Bonchev–Trinajstić information content (AvgIpc) is 2.47. The molecular weight excluding hydrogens is 284 g/mol. The Kier molecular flexibility index (Phi) is 4.89. The molecule has 0 amide bonds. The second-order valence-corrected chi connectivity index (χ2v) is 5.18. The first-order chi connectivity index (χ1) is 10.5. The Bertz CT molecular complexity index is 792. The molecule has 3 N–H and O–H groups in total. The van der Waals surface area contributed by atoms with Crippen LogP contribution in [0.2, 0.25) is 0 Å². The van der Waals surface area contributed by atoms with Gasteiger partial charge in [-0.25, -0.2) is 4.79 Å². The van der Waals surface area contributed by atoms with E-state index in [1.54, 1.807) is 13.0 Å². The van der Waals surface area contributed by atoms with E-state index in [4.69, 9.17) is 10.8 Å². The summed E-state index contributed by atoms with van der Waals surface area (Å²) in [5, 5.41) is 9.05. The highest BCUT2D eigenvalue weighted by molar-refractivity contribution is 5.21. The Hall–Kier alpha value is -2.25. The van der Waals surface area contributed by atoms with Crippen LogP contribution in [0.4, 0.5) is 0 Å². The summed E-state index contributed by atoms with van der Waals surface area (Å²) < 4.78 is 2.49. The standard InChI is InChI=1S/C15H20N4O3/c1-10-5-12(8-16)7-13(17-10)9-19-14(21)6-11(2)18(3-4-20)15(19)22/h5-7,20H,3-4,8-9,16H2,1-2H3. The van der Waals surface area contributed by atoms with Gasteiger partial charge in [-0.2, -0.15) is 0 Å². The first kappa shape index (κ1) is 16.1. The van der Waals surface area contributed by atoms with Crippen molar-refractivity contribution in [2.24, 2.45) is 5.73 Å². The normalized spacial score (nSPS) is 10.9. The number of pyridine rings is 1. The zero-order chi connectivity index (χ0) is 16.3. The molecule has 7 nitrogen and oxygen atoms in total. The lowest BCUT2D eigenvalue weighted by atomic mass is 10.2. The van der Waals surface area contributed by atoms with Crippen molar-refractivity contribution in [2.75, 3.05) is 6.61 Å². The maximum Gasteiger partial charge on any atom is 0.331 e. The minimum Gasteiger partial charge on any atom is -0.395 e. The van der Waals surface area contributed by atoms with E-state index in [9.17, 15) is 9.59 Å². The van der Waals surface area contributed by atoms with Gasteiger partial charge in [0.05, 0.1) is 25.4 Å². The Morgan fingerprint density at radius 3 is 2.55 bits per heavy atom. The second kappa shape index (κ2) is 6.67. The van der Waals surface area contributed by atoms with Crippen LogP contribution in [-0.4, -0.2) is 25.8 Å². The van der Waals surface area contributed by atoms with Crippen LogP contribution in [0.25, 0.3) is 0 Å². The molecule has 0 aliphatic carbocycles. The smallest absolute Gasteiger partial charge is 0.331 e. The summed E-state index contributed by atoms with van der Waals surface area (Å²) in [7, 11) is 0. The van der Waals surface area contributed by atoms with E-state index in [1.807, 2.05) is 13.0 Å². The van der Waals surface area contributed by atoms with Gasteiger partial charge in [0.2, 0.25) is 0 Å². The Morgan fingerprint density at radius 1 is 1.18 bits per heavy atom. The first-order valence-corrected chi connectivity index (χ1v) is 7.05. The fourth-order valence-corrected chi connectivity index (χ4v) is 2.42. The minimum absolute atomic E-state index is 0.0814. The highest BCUT2D eigenvalue weighted by atomic mass is 16.3. The number of aromatic nitrogens is 3. The second-order valence-electron chi connectivity index (χ2n) is 5.18. The molecule has 2 aromatic rings. The topological polar surface area (TPSA) is 103 Å². The predicted molar refractivity (Wildman–Crippen MR) is 82.8 cm³/mol. The lowest BCUT2D eigenvalue weighted by molar-refractivity contribution is 0.270. The highest BCUT2D eigenvalue weighted by Gasteiger charge is 2.10. The van der Waals surface area contributed by atoms with Gasteiger partial charge in [-0.3, -0.25) is 18.9 Å². The van der Waals surface area contributed by atoms with Crippen molar-refractivity contribution in [3.63, 3.8) is 0 Å². The summed E-state index contributed by atoms with van der Waals surface area (Å²) in [5.41, 5.74) is 7.63. The number of nitrogens with two attached hydrogens (primary N) is 1. The molecule has 2 heterocycles. The lowest BCUT2D eigenvalue weighted by Crippen LogP contribution is -2.41. The first-order valence-electron chi connectivity index (χ1n) is 7.05. The zero-order valence-electron chi connectivity index (χ0n) is 12.7. The predicted octanol–water partition coefficient (Wildman–Crippen LogP) is -0.479. The van der Waals surface area contributed by atoms with Gasteiger partial charge in [0.25, 0.3) is 5.56 Å². The van der Waals surface area contributed by atoms with Gasteiger partial charge in [-0.15, -0.1) is 0 Å². The fourth-order valence-electron chi connectivity index (χ4n) is 2.42. The van der Waals surface area contributed by atoms with E-state index in [-0.39, 0.29) is 25.3 Å². The number of aryl methyl sites for hydroxylation is 2. The van der Waals surface area contributed by atoms with Gasteiger partial charge in [-0.1, -0.05) is 0 Å². The molecule has 7 heteroatoms. The highest BCUT2D eigenvalue weighted by Crippen LogP contribution is 2.05. The number of aliphatic hydroxyl groups is 1. The van der Waals surface area contributed by atoms with Crippen LogP contribution in [0, 0.1) is 13.8 Å². The number of hydrogen-bond acceptors (Lipinski definition) is 5. The van der Waals surface area contributed by atoms with Gasteiger partial charge in [0, 0.05) is 24.0 Å². The van der Waals surface area contributed by atoms with Gasteiger partial charge < -0.3 is 10.8 Å². The van der Waals surface area contributed by atoms with Gasteiger partial charge >= 0.3 is 5.69 Å². The summed E-state index contributed by atoms with van der Waals surface area (Å²) in [5.74, 6) is 0. The molecule has 22 heavy (non-hydrogen) atoms. The zero-order valence-corrected chi connectivity index (χ0v) is 12.7. The van der Waals surface area contributed by atoms with Crippen LogP contribution in [0.5, 0.6) is 0 Å². The third-order valence-electron chi connectivity index (χ3n) is 3.43. The Balaban J connectivity index is 2.50. The molecule has 0 saturated heterocycles. The van der Waals surface area contributed by atoms with E-state index in [1.165, 1.54) is 10.6 Å². The molecule has 118 valence electrons. The van der Waals surface area contributed by atoms with Gasteiger partial charge in [-0.05, 0) is 31.5 Å². The molecule has 0 saturated carbocycles. The van der Waals surface area contributed by atoms with E-state index in [2.05, 4.69) is 4.98 Å². The molecule has 0 aliphatic heterocycles. The third kappa shape index (κ3) is 3.32. The summed E-state index contributed by atoms with van der Waals surface area (Å²) in [6, 6.07) is 5.04. The van der Waals surface area contributed by atoms with Crippen LogP contribution in [0.3, 0.4) is 0 Å². The number of aliphatic hydroxyl groups excluding tert-OH is 1. The van der Waals surface area contributed by atoms with Crippen molar-refractivity contribution in [2.45, 2.75) is 33.5 Å². The molecular formula is C15H20N4O3. The van der Waals surface area contributed by atoms with Crippen molar-refractivity contribution in [3.05, 3.63) is 61.7 Å². The summed E-state index contributed by atoms with van der Waals surface area (Å²) in [6.07, 6.45) is 0. The van der Waals surface area contributed by atoms with Crippen molar-refractivity contribution >= 4 is 0 Å². The molecule has 2 aromatic heterocycles. The lowest BCUT2D eigenvalue weighted by Gasteiger charge is -2.12. The van der Waals surface area contributed by atoms with Crippen LogP contribution >= 0.6 is 0 Å². The van der Waals surface area contributed by atoms with Crippen LogP contribution in [-0.2, 0) is 19.6 Å². The molecule has 2 rings (SSSR count). The number of hydrogen-bond donors (Lipinski definition) is 2. The van der Waals surface area contributed by atoms with Crippen LogP contribution in [0.15, 0.2) is 27.8 Å². The van der Waals surface area contributed by atoms with Gasteiger partial charge in [0.15, 0.2) is 0 Å². The minimum atomic E-state index is -0.448. The summed E-state index contributed by atoms with van der Waals surface area (Å²) in [4.78, 5) is 28.8. The van der Waals surface area contributed by atoms with Crippen molar-refractivity contribution in [1.82, 2.24) is 14.1 Å². The largest absolute Gasteiger partial charge is 0.395 e. The van der Waals surface area contributed by atoms with E-state index < -0.39 is 5.69 Å². The quantitative estimate of drug-likeness (QED) is 0.776. The van der Waals surface area contributed by atoms with Crippen molar-refractivity contribution < 1.29 is 5.11 Å². The van der Waals surface area contributed by atoms with E-state index >= 15 is 0 Å². The monoisotopic (exact) mass is 304 g/mol. The summed E-state index contributed by atoms with van der Waals surface area (Å²) in [6.45, 7) is 3.94. The van der Waals surface area contributed by atoms with E-state index in [0.29, 0.717) is 17.9 Å². The average molecular weight is 304 g/mol. The third-order valence-corrected chi connectivity index (χ3v) is 3.43. The Morgan fingerprint density at radius 2 is 1.91 bits per heavy atom. The molecule has 0 spiro atoms. The Labute approximate surface area is 127 Å². The maximum atomic E-state index is 12.4. The molecule has 0 aromatic carbocycles. The number of nitrogens with zero attached hydrogens (tertiary/aromatic N) is 3. The molecule has 0 atom stereocenters. The molecule has 0 fully saturated rings. The fraction of sp³-hybridized carbons (Fsp3) is 0.400. The van der Waals surface area contributed by atoms with Crippen LogP contribution < -0.4 is 17.0 Å². The summed E-state index contributed by atoms with van der Waals surface area (Å²) >= 11 is 0. The van der Waals surface area contributed by atoms with Crippen molar-refractivity contribution in [3.8, 4) is 0 Å². The van der Waals surface area contributed by atoms with Crippen LogP contribution in [0.1, 0.15) is 22.6 Å².